The number of methoxy groups -OCH3 is 1. The molecule has 1 unspecified atom stereocenters. The van der Waals surface area contributed by atoms with Crippen molar-refractivity contribution in [1.82, 2.24) is 9.80 Å². The molecule has 2 amide bonds. The Hall–Kier alpha value is -1.88. The average Bonchev–Trinajstić information content (AvgIpc) is 2.94. The Bertz CT molecular complexity index is 650. The first-order chi connectivity index (χ1) is 11.9. The number of ether oxygens (including phenoxy) is 1. The third-order valence-electron chi connectivity index (χ3n) is 5.94. The van der Waals surface area contributed by atoms with Gasteiger partial charge in [0.2, 0.25) is 5.91 Å². The number of benzene rings is 1. The summed E-state index contributed by atoms with van der Waals surface area (Å²) in [5, 5.41) is 0. The summed E-state index contributed by atoms with van der Waals surface area (Å²) < 4.78 is 5.42. The van der Waals surface area contributed by atoms with Crippen molar-refractivity contribution in [3.05, 3.63) is 35.4 Å². The van der Waals surface area contributed by atoms with Crippen molar-refractivity contribution in [1.29, 1.82) is 0 Å². The maximum atomic E-state index is 12.8. The maximum Gasteiger partial charge on any atom is 0.253 e. The minimum absolute atomic E-state index is 0.0884. The average molecular weight is 344 g/mol. The number of hydrogen-bond donors (Lipinski definition) is 0. The fraction of sp³-hybridized carbons (Fsp3) is 0.600. The summed E-state index contributed by atoms with van der Waals surface area (Å²) in [6.07, 6.45) is 1.87. The van der Waals surface area contributed by atoms with Gasteiger partial charge in [-0.15, -0.1) is 0 Å². The third kappa shape index (κ3) is 3.56. The number of likely N-dealkylation sites (tertiary alicyclic amines) is 2. The Kier molecular flexibility index (Phi) is 5.13. The number of amides is 2. The van der Waals surface area contributed by atoms with Gasteiger partial charge in [-0.2, -0.15) is 0 Å². The molecule has 0 saturated carbocycles. The Morgan fingerprint density at radius 3 is 2.56 bits per heavy atom. The van der Waals surface area contributed by atoms with Gasteiger partial charge in [-0.3, -0.25) is 9.59 Å². The Morgan fingerprint density at radius 2 is 1.96 bits per heavy atom. The molecule has 0 bridgehead atoms. The van der Waals surface area contributed by atoms with Crippen LogP contribution in [0.15, 0.2) is 24.3 Å². The number of carbonyl (C=O) groups excluding carboxylic acids is 2. The molecule has 2 fully saturated rings. The van der Waals surface area contributed by atoms with Gasteiger partial charge < -0.3 is 14.5 Å². The van der Waals surface area contributed by atoms with E-state index in [2.05, 4.69) is 0 Å². The molecule has 25 heavy (non-hydrogen) atoms. The van der Waals surface area contributed by atoms with Crippen molar-refractivity contribution < 1.29 is 14.3 Å². The van der Waals surface area contributed by atoms with Crippen molar-refractivity contribution in [3.8, 4) is 0 Å². The fourth-order valence-electron chi connectivity index (χ4n) is 4.39. The van der Waals surface area contributed by atoms with Crippen LogP contribution in [-0.4, -0.2) is 61.5 Å². The zero-order valence-electron chi connectivity index (χ0n) is 15.5. The molecule has 1 aromatic rings. The Morgan fingerprint density at radius 1 is 1.24 bits per heavy atom. The van der Waals surface area contributed by atoms with E-state index >= 15 is 0 Å². The molecular weight excluding hydrogens is 316 g/mol. The highest BCUT2D eigenvalue weighted by atomic mass is 16.5. The molecule has 3 rings (SSSR count). The smallest absolute Gasteiger partial charge is 0.253 e. The normalized spacial score (nSPS) is 22.4. The van der Waals surface area contributed by atoms with Gasteiger partial charge in [-0.05, 0) is 37.3 Å². The van der Waals surface area contributed by atoms with Gasteiger partial charge in [0, 0.05) is 51.7 Å². The molecule has 2 aliphatic heterocycles. The highest BCUT2D eigenvalue weighted by molar-refractivity contribution is 5.94. The number of hydrogen-bond acceptors (Lipinski definition) is 3. The highest BCUT2D eigenvalue weighted by Gasteiger charge is 2.49. The lowest BCUT2D eigenvalue weighted by Crippen LogP contribution is -2.47. The molecule has 5 heteroatoms. The summed E-state index contributed by atoms with van der Waals surface area (Å²) in [6.45, 7) is 7.39. The van der Waals surface area contributed by atoms with Crippen LogP contribution in [0, 0.1) is 18.3 Å². The summed E-state index contributed by atoms with van der Waals surface area (Å²) in [5.74, 6) is 0.608. The van der Waals surface area contributed by atoms with Crippen molar-refractivity contribution in [3.63, 3.8) is 0 Å². The monoisotopic (exact) mass is 344 g/mol. The van der Waals surface area contributed by atoms with Crippen LogP contribution in [0.2, 0.25) is 0 Å². The van der Waals surface area contributed by atoms with E-state index in [9.17, 15) is 9.59 Å². The number of carbonyl (C=O) groups is 2. The quantitative estimate of drug-likeness (QED) is 0.846. The molecule has 5 nitrogen and oxygen atoms in total. The number of rotatable bonds is 3. The van der Waals surface area contributed by atoms with E-state index in [0.717, 1.165) is 50.1 Å². The summed E-state index contributed by atoms with van der Waals surface area (Å²) in [7, 11) is 1.72. The predicted octanol–water partition coefficient (Wildman–Crippen LogP) is 2.34. The lowest BCUT2D eigenvalue weighted by molar-refractivity contribution is -0.128. The molecule has 0 aromatic heterocycles. The minimum atomic E-state index is 0.0884. The molecular formula is C20H28N2O3. The van der Waals surface area contributed by atoms with Crippen molar-refractivity contribution in [2.45, 2.75) is 26.7 Å². The molecule has 2 heterocycles. The van der Waals surface area contributed by atoms with Crippen LogP contribution in [0.25, 0.3) is 0 Å². The molecule has 0 radical (unpaired) electrons. The first kappa shape index (κ1) is 17.9. The van der Waals surface area contributed by atoms with E-state index in [-0.39, 0.29) is 17.2 Å². The van der Waals surface area contributed by atoms with E-state index in [1.807, 2.05) is 41.0 Å². The van der Waals surface area contributed by atoms with E-state index < -0.39 is 0 Å². The summed E-state index contributed by atoms with van der Waals surface area (Å²) in [4.78, 5) is 28.5. The Balaban J connectivity index is 1.69. The van der Waals surface area contributed by atoms with Gasteiger partial charge in [-0.25, -0.2) is 0 Å². The largest absolute Gasteiger partial charge is 0.384 e. The third-order valence-corrected chi connectivity index (χ3v) is 5.94. The molecule has 1 atom stereocenters. The summed E-state index contributed by atoms with van der Waals surface area (Å²) in [6, 6.07) is 7.78. The molecule has 136 valence electrons. The molecule has 0 aliphatic carbocycles. The molecule has 2 aliphatic rings. The zero-order chi connectivity index (χ0) is 18.0. The SMILES string of the molecule is COCC1CN(C(C)=O)CC12CCN(C(=O)c1cccc(C)c1)CC2. The van der Waals surface area contributed by atoms with Gasteiger partial charge >= 0.3 is 0 Å². The van der Waals surface area contributed by atoms with Gasteiger partial charge in [-0.1, -0.05) is 17.7 Å². The topological polar surface area (TPSA) is 49.9 Å². The second-order valence-corrected chi connectivity index (χ2v) is 7.58. The fourth-order valence-corrected chi connectivity index (χ4v) is 4.39. The van der Waals surface area contributed by atoms with E-state index in [1.54, 1.807) is 14.0 Å². The van der Waals surface area contributed by atoms with Crippen LogP contribution in [0.3, 0.4) is 0 Å². The van der Waals surface area contributed by atoms with Crippen LogP contribution >= 0.6 is 0 Å². The van der Waals surface area contributed by atoms with Gasteiger partial charge in [0.15, 0.2) is 0 Å². The van der Waals surface area contributed by atoms with Crippen molar-refractivity contribution >= 4 is 11.8 Å². The molecule has 1 aromatic carbocycles. The van der Waals surface area contributed by atoms with Crippen LogP contribution in [0.1, 0.15) is 35.7 Å². The Labute approximate surface area is 149 Å². The van der Waals surface area contributed by atoms with Crippen LogP contribution in [-0.2, 0) is 9.53 Å². The maximum absolute atomic E-state index is 12.8. The second-order valence-electron chi connectivity index (χ2n) is 7.58. The first-order valence-electron chi connectivity index (χ1n) is 9.05. The van der Waals surface area contributed by atoms with Crippen LogP contribution in [0.4, 0.5) is 0 Å². The van der Waals surface area contributed by atoms with Crippen molar-refractivity contribution in [2.75, 3.05) is 39.9 Å². The van der Waals surface area contributed by atoms with Crippen molar-refractivity contribution in [2.24, 2.45) is 11.3 Å². The van der Waals surface area contributed by atoms with Gasteiger partial charge in [0.25, 0.3) is 5.91 Å². The summed E-state index contributed by atoms with van der Waals surface area (Å²) in [5.41, 5.74) is 1.96. The van der Waals surface area contributed by atoms with E-state index in [1.165, 1.54) is 0 Å². The summed E-state index contributed by atoms with van der Waals surface area (Å²) >= 11 is 0. The van der Waals surface area contributed by atoms with Crippen LogP contribution < -0.4 is 0 Å². The number of piperidine rings is 1. The first-order valence-corrected chi connectivity index (χ1v) is 9.05. The standard InChI is InChI=1S/C20H28N2O3/c1-15-5-4-6-17(11-15)19(24)21-9-7-20(8-10-21)14-22(16(2)23)12-18(20)13-25-3/h4-6,11,18H,7-10,12-14H2,1-3H3. The highest BCUT2D eigenvalue weighted by Crippen LogP contribution is 2.45. The lowest BCUT2D eigenvalue weighted by atomic mass is 9.71. The van der Waals surface area contributed by atoms with Gasteiger partial charge in [0.05, 0.1) is 6.61 Å². The molecule has 0 N–H and O–H groups in total. The van der Waals surface area contributed by atoms with Gasteiger partial charge in [0.1, 0.15) is 0 Å². The minimum Gasteiger partial charge on any atom is -0.384 e. The predicted molar refractivity (Wildman–Crippen MR) is 96.4 cm³/mol. The molecule has 2 saturated heterocycles. The molecule has 1 spiro atoms. The van der Waals surface area contributed by atoms with E-state index in [0.29, 0.717) is 12.5 Å². The number of nitrogens with zero attached hydrogens (tertiary/aromatic N) is 2. The van der Waals surface area contributed by atoms with Crippen LogP contribution in [0.5, 0.6) is 0 Å². The number of aryl methyl sites for hydroxylation is 1. The second kappa shape index (κ2) is 7.16. The lowest BCUT2D eigenvalue weighted by Gasteiger charge is -2.42. The zero-order valence-corrected chi connectivity index (χ0v) is 15.5. The van der Waals surface area contributed by atoms with E-state index in [4.69, 9.17) is 4.74 Å².